The Hall–Kier alpha value is 0.270. The van der Waals surface area contributed by atoms with Gasteiger partial charge in [0.05, 0.1) is 0 Å². The molecule has 0 aromatic heterocycles. The summed E-state index contributed by atoms with van der Waals surface area (Å²) in [5.74, 6) is 0.808. The van der Waals surface area contributed by atoms with Crippen molar-refractivity contribution < 1.29 is 0 Å². The van der Waals surface area contributed by atoms with Crippen LogP contribution in [0.5, 0.6) is 0 Å². The second-order valence-electron chi connectivity index (χ2n) is 6.05. The highest BCUT2D eigenvalue weighted by Crippen LogP contribution is 2.33. The van der Waals surface area contributed by atoms with Gasteiger partial charge in [0, 0.05) is 23.9 Å². The fourth-order valence-corrected chi connectivity index (χ4v) is 4.84. The van der Waals surface area contributed by atoms with Gasteiger partial charge in [0.15, 0.2) is 0 Å². The van der Waals surface area contributed by atoms with E-state index in [2.05, 4.69) is 42.1 Å². The van der Waals surface area contributed by atoms with Crippen molar-refractivity contribution in [3.05, 3.63) is 0 Å². The van der Waals surface area contributed by atoms with E-state index in [-0.39, 0.29) is 0 Å². The number of nitrogens with zero attached hydrogens (tertiary/aromatic N) is 1. The molecule has 106 valence electrons. The van der Waals surface area contributed by atoms with Crippen molar-refractivity contribution in [2.24, 2.45) is 5.92 Å². The molecule has 1 N–H and O–H groups in total. The number of nitrogens with one attached hydrogen (secondary N) is 1. The SMILES string of the molecule is CCNC1CCN(C2CCCCC2SC)CC1C. The summed E-state index contributed by atoms with van der Waals surface area (Å²) < 4.78 is 0. The summed E-state index contributed by atoms with van der Waals surface area (Å²) in [7, 11) is 0. The minimum atomic E-state index is 0.752. The topological polar surface area (TPSA) is 15.3 Å². The summed E-state index contributed by atoms with van der Waals surface area (Å²) in [6, 6.07) is 1.61. The van der Waals surface area contributed by atoms with Crippen LogP contribution in [0.25, 0.3) is 0 Å². The minimum absolute atomic E-state index is 0.752. The van der Waals surface area contributed by atoms with Gasteiger partial charge in [0.2, 0.25) is 0 Å². The van der Waals surface area contributed by atoms with E-state index in [1.807, 2.05) is 0 Å². The highest BCUT2D eigenvalue weighted by atomic mass is 32.2. The minimum Gasteiger partial charge on any atom is -0.314 e. The lowest BCUT2D eigenvalue weighted by atomic mass is 9.88. The van der Waals surface area contributed by atoms with Gasteiger partial charge >= 0.3 is 0 Å². The molecule has 1 aliphatic heterocycles. The van der Waals surface area contributed by atoms with Crippen molar-refractivity contribution in [2.45, 2.75) is 63.3 Å². The third-order valence-corrected chi connectivity index (χ3v) is 6.00. The summed E-state index contributed by atoms with van der Waals surface area (Å²) in [6.45, 7) is 8.38. The Morgan fingerprint density at radius 2 is 2.00 bits per heavy atom. The lowest BCUT2D eigenvalue weighted by Gasteiger charge is -2.45. The van der Waals surface area contributed by atoms with Gasteiger partial charge in [0.25, 0.3) is 0 Å². The second-order valence-corrected chi connectivity index (χ2v) is 7.13. The maximum Gasteiger partial charge on any atom is 0.0214 e. The van der Waals surface area contributed by atoms with E-state index in [1.54, 1.807) is 0 Å². The first-order valence-electron chi connectivity index (χ1n) is 7.76. The molecule has 3 heteroatoms. The average Bonchev–Trinajstić information content (AvgIpc) is 2.41. The third kappa shape index (κ3) is 3.43. The summed E-state index contributed by atoms with van der Waals surface area (Å²) in [5, 5.41) is 4.54. The number of piperidine rings is 1. The van der Waals surface area contributed by atoms with Crippen LogP contribution in [0, 0.1) is 5.92 Å². The molecule has 0 spiro atoms. The first kappa shape index (κ1) is 14.7. The lowest BCUT2D eigenvalue weighted by molar-refractivity contribution is 0.0876. The molecular formula is C15H30N2S. The number of hydrogen-bond donors (Lipinski definition) is 1. The molecule has 2 rings (SSSR count). The van der Waals surface area contributed by atoms with Crippen LogP contribution in [0.15, 0.2) is 0 Å². The molecule has 0 aromatic rings. The number of thioether (sulfide) groups is 1. The van der Waals surface area contributed by atoms with Gasteiger partial charge in [-0.2, -0.15) is 11.8 Å². The highest BCUT2D eigenvalue weighted by Gasteiger charge is 2.34. The standard InChI is InChI=1S/C15H30N2S/c1-4-16-13-9-10-17(11-12(13)2)14-7-5-6-8-15(14)18-3/h12-16H,4-11H2,1-3H3. The van der Waals surface area contributed by atoms with E-state index in [1.165, 1.54) is 45.2 Å². The smallest absolute Gasteiger partial charge is 0.0214 e. The second kappa shape index (κ2) is 7.16. The molecule has 2 fully saturated rings. The van der Waals surface area contributed by atoms with Crippen LogP contribution >= 0.6 is 11.8 Å². The van der Waals surface area contributed by atoms with Crippen molar-refractivity contribution >= 4 is 11.8 Å². The van der Waals surface area contributed by atoms with E-state index in [0.29, 0.717) is 0 Å². The van der Waals surface area contributed by atoms with Gasteiger partial charge in [-0.1, -0.05) is 26.7 Å². The summed E-state index contributed by atoms with van der Waals surface area (Å²) >= 11 is 2.10. The van der Waals surface area contributed by atoms with Gasteiger partial charge in [-0.3, -0.25) is 4.90 Å². The van der Waals surface area contributed by atoms with Gasteiger partial charge in [-0.25, -0.2) is 0 Å². The van der Waals surface area contributed by atoms with Crippen molar-refractivity contribution in [3.8, 4) is 0 Å². The van der Waals surface area contributed by atoms with Gasteiger partial charge < -0.3 is 5.32 Å². The lowest BCUT2D eigenvalue weighted by Crippen LogP contribution is -2.54. The normalized spacial score (nSPS) is 38.8. The number of rotatable bonds is 4. The van der Waals surface area contributed by atoms with Crippen LogP contribution in [0.1, 0.15) is 46.0 Å². The maximum absolute atomic E-state index is 3.65. The molecule has 4 unspecified atom stereocenters. The fourth-order valence-electron chi connectivity index (χ4n) is 3.81. The number of hydrogen-bond acceptors (Lipinski definition) is 3. The zero-order chi connectivity index (χ0) is 13.0. The Labute approximate surface area is 117 Å². The summed E-state index contributed by atoms with van der Waals surface area (Å²) in [4.78, 5) is 2.80. The third-order valence-electron chi connectivity index (χ3n) is 4.84. The number of likely N-dealkylation sites (tertiary alicyclic amines) is 1. The molecule has 1 aliphatic carbocycles. The molecule has 1 heterocycles. The van der Waals surface area contributed by atoms with Crippen LogP contribution in [0.2, 0.25) is 0 Å². The molecule has 1 saturated heterocycles. The van der Waals surface area contributed by atoms with Crippen molar-refractivity contribution in [2.75, 3.05) is 25.9 Å². The molecule has 0 bridgehead atoms. The van der Waals surface area contributed by atoms with Gasteiger partial charge in [-0.15, -0.1) is 0 Å². The monoisotopic (exact) mass is 270 g/mol. The van der Waals surface area contributed by atoms with E-state index in [0.717, 1.165) is 29.8 Å². The Balaban J connectivity index is 1.90. The summed E-state index contributed by atoms with van der Waals surface area (Å²) in [6.07, 6.45) is 9.41. The van der Waals surface area contributed by atoms with E-state index < -0.39 is 0 Å². The fraction of sp³-hybridized carbons (Fsp3) is 1.00. The highest BCUT2D eigenvalue weighted by molar-refractivity contribution is 7.99. The first-order chi connectivity index (χ1) is 8.76. The molecule has 4 atom stereocenters. The van der Waals surface area contributed by atoms with Crippen LogP contribution in [-0.2, 0) is 0 Å². The van der Waals surface area contributed by atoms with E-state index in [9.17, 15) is 0 Å². The predicted molar refractivity (Wildman–Crippen MR) is 82.4 cm³/mol. The van der Waals surface area contributed by atoms with Gasteiger partial charge in [-0.05, 0) is 44.5 Å². The van der Waals surface area contributed by atoms with Crippen LogP contribution in [0.3, 0.4) is 0 Å². The Morgan fingerprint density at radius 1 is 1.22 bits per heavy atom. The Bertz CT molecular complexity index is 247. The van der Waals surface area contributed by atoms with Gasteiger partial charge in [0.1, 0.15) is 0 Å². The maximum atomic E-state index is 3.65. The average molecular weight is 270 g/mol. The molecule has 0 amide bonds. The predicted octanol–water partition coefficient (Wildman–Crippen LogP) is 2.98. The zero-order valence-electron chi connectivity index (χ0n) is 12.3. The molecule has 2 nitrogen and oxygen atoms in total. The molecule has 0 radical (unpaired) electrons. The van der Waals surface area contributed by atoms with Crippen molar-refractivity contribution in [1.82, 2.24) is 10.2 Å². The van der Waals surface area contributed by atoms with Crippen LogP contribution in [0.4, 0.5) is 0 Å². The van der Waals surface area contributed by atoms with Crippen molar-refractivity contribution in [1.29, 1.82) is 0 Å². The van der Waals surface area contributed by atoms with Crippen molar-refractivity contribution in [3.63, 3.8) is 0 Å². The molecular weight excluding hydrogens is 240 g/mol. The Kier molecular flexibility index (Phi) is 5.84. The zero-order valence-corrected chi connectivity index (χ0v) is 13.1. The first-order valence-corrected chi connectivity index (χ1v) is 9.05. The molecule has 2 aliphatic rings. The quantitative estimate of drug-likeness (QED) is 0.845. The molecule has 18 heavy (non-hydrogen) atoms. The van der Waals surface area contributed by atoms with Crippen LogP contribution < -0.4 is 5.32 Å². The largest absolute Gasteiger partial charge is 0.314 e. The van der Waals surface area contributed by atoms with Crippen LogP contribution in [-0.4, -0.2) is 48.1 Å². The summed E-state index contributed by atoms with van der Waals surface area (Å²) in [5.41, 5.74) is 0. The van der Waals surface area contributed by atoms with E-state index >= 15 is 0 Å². The molecule has 1 saturated carbocycles. The van der Waals surface area contributed by atoms with E-state index in [4.69, 9.17) is 0 Å². The Morgan fingerprint density at radius 3 is 2.67 bits per heavy atom. The molecule has 0 aromatic carbocycles.